The number of nitriles is 1. The summed E-state index contributed by atoms with van der Waals surface area (Å²) in [4.78, 5) is 11.1. The van der Waals surface area contributed by atoms with Crippen molar-refractivity contribution in [1.29, 1.82) is 5.26 Å². The van der Waals surface area contributed by atoms with Crippen molar-refractivity contribution in [2.24, 2.45) is 0 Å². The second kappa shape index (κ2) is 5.96. The van der Waals surface area contributed by atoms with E-state index < -0.39 is 12.0 Å². The summed E-state index contributed by atoms with van der Waals surface area (Å²) in [6.45, 7) is 5.42. The van der Waals surface area contributed by atoms with Crippen molar-refractivity contribution in [2.45, 2.75) is 39.7 Å². The second-order valence-corrected chi connectivity index (χ2v) is 4.07. The van der Waals surface area contributed by atoms with E-state index in [0.717, 1.165) is 12.0 Å². The fraction of sp³-hybridized carbons (Fsp3) is 0.500. The number of rotatable bonds is 5. The predicted octanol–water partition coefficient (Wildman–Crippen LogP) is 1.63. The van der Waals surface area contributed by atoms with Crippen LogP contribution in [-0.4, -0.2) is 27.3 Å². The molecule has 1 aromatic rings. The van der Waals surface area contributed by atoms with Crippen LogP contribution >= 0.6 is 0 Å². The maximum atomic E-state index is 11.1. The van der Waals surface area contributed by atoms with Gasteiger partial charge in [-0.3, -0.25) is 0 Å². The van der Waals surface area contributed by atoms with Gasteiger partial charge in [-0.1, -0.05) is 13.3 Å². The fourth-order valence-electron chi connectivity index (χ4n) is 1.56. The third-order valence-electron chi connectivity index (χ3n) is 2.75. The van der Waals surface area contributed by atoms with Gasteiger partial charge >= 0.3 is 5.97 Å². The molecule has 0 bridgehead atoms. The van der Waals surface area contributed by atoms with Gasteiger partial charge in [0.15, 0.2) is 5.82 Å². The molecule has 0 saturated carbocycles. The van der Waals surface area contributed by atoms with Crippen LogP contribution in [0.3, 0.4) is 0 Å². The van der Waals surface area contributed by atoms with Crippen LogP contribution in [0.4, 0.5) is 5.82 Å². The van der Waals surface area contributed by atoms with Gasteiger partial charge in [-0.15, -0.1) is 5.10 Å². The minimum absolute atomic E-state index is 0.237. The second-order valence-electron chi connectivity index (χ2n) is 4.07. The van der Waals surface area contributed by atoms with Crippen LogP contribution in [0.2, 0.25) is 0 Å². The topological polar surface area (TPSA) is 98.9 Å². The largest absolute Gasteiger partial charge is 0.480 e. The lowest BCUT2D eigenvalue weighted by atomic mass is 10.1. The Morgan fingerprint density at radius 2 is 2.17 bits per heavy atom. The summed E-state index contributed by atoms with van der Waals surface area (Å²) in [5, 5.41) is 28.7. The van der Waals surface area contributed by atoms with Crippen molar-refractivity contribution >= 4 is 11.8 Å². The van der Waals surface area contributed by atoms with Gasteiger partial charge in [-0.05, 0) is 25.8 Å². The molecule has 0 aliphatic heterocycles. The Hall–Kier alpha value is -2.16. The molecule has 1 heterocycles. The number of nitrogens with zero attached hydrogens (tertiary/aromatic N) is 3. The van der Waals surface area contributed by atoms with Gasteiger partial charge < -0.3 is 10.4 Å². The first-order valence-electron chi connectivity index (χ1n) is 5.74. The monoisotopic (exact) mass is 248 g/mol. The summed E-state index contributed by atoms with van der Waals surface area (Å²) in [7, 11) is 0. The zero-order valence-electron chi connectivity index (χ0n) is 10.7. The van der Waals surface area contributed by atoms with Crippen molar-refractivity contribution in [3.8, 4) is 6.07 Å². The number of carboxylic acid groups (broad SMARTS) is 1. The summed E-state index contributed by atoms with van der Waals surface area (Å²) >= 11 is 0. The Morgan fingerprint density at radius 1 is 1.50 bits per heavy atom. The van der Waals surface area contributed by atoms with E-state index >= 15 is 0 Å². The highest BCUT2D eigenvalue weighted by molar-refractivity contribution is 5.77. The predicted molar refractivity (Wildman–Crippen MR) is 66.2 cm³/mol. The molecule has 1 aromatic heterocycles. The van der Waals surface area contributed by atoms with E-state index in [9.17, 15) is 4.79 Å². The maximum absolute atomic E-state index is 11.1. The smallest absolute Gasteiger partial charge is 0.326 e. The van der Waals surface area contributed by atoms with Crippen LogP contribution in [0.15, 0.2) is 0 Å². The van der Waals surface area contributed by atoms with E-state index in [4.69, 9.17) is 10.4 Å². The first-order valence-corrected chi connectivity index (χ1v) is 5.74. The van der Waals surface area contributed by atoms with Crippen molar-refractivity contribution in [1.82, 2.24) is 10.2 Å². The van der Waals surface area contributed by atoms with Crippen LogP contribution in [0.25, 0.3) is 0 Å². The lowest BCUT2D eigenvalue weighted by Gasteiger charge is -2.15. The maximum Gasteiger partial charge on any atom is 0.326 e. The van der Waals surface area contributed by atoms with Crippen molar-refractivity contribution in [2.75, 3.05) is 5.32 Å². The number of hydrogen-bond acceptors (Lipinski definition) is 5. The van der Waals surface area contributed by atoms with Crippen molar-refractivity contribution < 1.29 is 9.90 Å². The number of aromatic nitrogens is 2. The van der Waals surface area contributed by atoms with Gasteiger partial charge in [0.1, 0.15) is 17.7 Å². The molecule has 1 atom stereocenters. The lowest BCUT2D eigenvalue weighted by Crippen LogP contribution is -2.30. The fourth-order valence-corrected chi connectivity index (χ4v) is 1.56. The summed E-state index contributed by atoms with van der Waals surface area (Å²) < 4.78 is 0. The summed E-state index contributed by atoms with van der Waals surface area (Å²) in [5.74, 6) is -0.720. The van der Waals surface area contributed by atoms with Crippen molar-refractivity contribution in [3.05, 3.63) is 16.8 Å². The number of carbonyl (C=O) groups is 1. The van der Waals surface area contributed by atoms with Gasteiger partial charge in [0.05, 0.1) is 5.69 Å². The molecule has 1 rings (SSSR count). The van der Waals surface area contributed by atoms with E-state index in [-0.39, 0.29) is 5.82 Å². The number of aliphatic carboxylic acids is 1. The molecular formula is C12H16N4O2. The van der Waals surface area contributed by atoms with Crippen LogP contribution in [0.1, 0.15) is 36.6 Å². The average molecular weight is 248 g/mol. The standard InChI is InChI=1S/C12H16N4O2/c1-4-5-10(12(17)18)14-11-9(6-13)7(2)8(3)15-16-11/h10H,4-5H2,1-3H3,(H,14,16)(H,17,18). The molecule has 6 heteroatoms. The molecular weight excluding hydrogens is 232 g/mol. The highest BCUT2D eigenvalue weighted by Gasteiger charge is 2.19. The lowest BCUT2D eigenvalue weighted by molar-refractivity contribution is -0.138. The third-order valence-corrected chi connectivity index (χ3v) is 2.75. The Morgan fingerprint density at radius 3 is 2.67 bits per heavy atom. The zero-order valence-corrected chi connectivity index (χ0v) is 10.7. The van der Waals surface area contributed by atoms with E-state index in [1.165, 1.54) is 0 Å². The molecule has 0 saturated heterocycles. The Balaban J connectivity index is 3.07. The molecule has 0 amide bonds. The molecule has 1 unspecified atom stereocenters. The molecule has 2 N–H and O–H groups in total. The molecule has 6 nitrogen and oxygen atoms in total. The van der Waals surface area contributed by atoms with E-state index in [1.807, 2.05) is 13.0 Å². The first-order chi connectivity index (χ1) is 8.51. The number of aryl methyl sites for hydroxylation is 1. The van der Waals surface area contributed by atoms with Gasteiger partial charge in [0.2, 0.25) is 0 Å². The van der Waals surface area contributed by atoms with Gasteiger partial charge in [0.25, 0.3) is 0 Å². The highest BCUT2D eigenvalue weighted by atomic mass is 16.4. The van der Waals surface area contributed by atoms with Crippen LogP contribution in [-0.2, 0) is 4.79 Å². The molecule has 0 aliphatic rings. The number of nitrogens with one attached hydrogen (secondary N) is 1. The molecule has 0 fully saturated rings. The SMILES string of the molecule is CCCC(Nc1nnc(C)c(C)c1C#N)C(=O)O. The van der Waals surface area contributed by atoms with Gasteiger partial charge in [0, 0.05) is 0 Å². The number of carboxylic acids is 1. The molecule has 18 heavy (non-hydrogen) atoms. The Bertz CT molecular complexity index is 494. The van der Waals surface area contributed by atoms with Crippen molar-refractivity contribution in [3.63, 3.8) is 0 Å². The third kappa shape index (κ3) is 2.94. The minimum atomic E-state index is -0.958. The van der Waals surface area contributed by atoms with Crippen LogP contribution in [0.5, 0.6) is 0 Å². The summed E-state index contributed by atoms with van der Waals surface area (Å²) in [5.41, 5.74) is 1.74. The molecule has 96 valence electrons. The molecule has 0 aliphatic carbocycles. The Kier molecular flexibility index (Phi) is 4.60. The zero-order chi connectivity index (χ0) is 13.7. The number of hydrogen-bond donors (Lipinski definition) is 2. The van der Waals surface area contributed by atoms with Crippen LogP contribution < -0.4 is 5.32 Å². The highest BCUT2D eigenvalue weighted by Crippen LogP contribution is 2.18. The quantitative estimate of drug-likeness (QED) is 0.821. The van der Waals surface area contributed by atoms with Crippen LogP contribution in [0, 0.1) is 25.2 Å². The number of anilines is 1. The molecule has 0 aromatic carbocycles. The van der Waals surface area contributed by atoms with E-state index in [0.29, 0.717) is 17.7 Å². The first kappa shape index (κ1) is 13.9. The van der Waals surface area contributed by atoms with E-state index in [2.05, 4.69) is 15.5 Å². The van der Waals surface area contributed by atoms with Gasteiger partial charge in [-0.25, -0.2) is 4.79 Å². The molecule has 0 radical (unpaired) electrons. The Labute approximate surface area is 106 Å². The van der Waals surface area contributed by atoms with E-state index in [1.54, 1.807) is 13.8 Å². The average Bonchev–Trinajstić information content (AvgIpc) is 2.33. The van der Waals surface area contributed by atoms with Gasteiger partial charge in [-0.2, -0.15) is 10.4 Å². The normalized spacial score (nSPS) is 11.7. The minimum Gasteiger partial charge on any atom is -0.480 e. The summed E-state index contributed by atoms with van der Waals surface area (Å²) in [6.07, 6.45) is 1.19. The summed E-state index contributed by atoms with van der Waals surface area (Å²) in [6, 6.07) is 1.28. The molecule has 0 spiro atoms.